The summed E-state index contributed by atoms with van der Waals surface area (Å²) in [5.41, 5.74) is 5.54. The van der Waals surface area contributed by atoms with Crippen molar-refractivity contribution >= 4 is 21.7 Å². The van der Waals surface area contributed by atoms with Gasteiger partial charge in [-0.2, -0.15) is 0 Å². The molecule has 1 unspecified atom stereocenters. The van der Waals surface area contributed by atoms with Gasteiger partial charge in [-0.05, 0) is 94.1 Å². The standard InChI is InChI=1S/C21H29N3O3S/c1-21(10-5-12-24(21)2)11-13-28(26,27)23-20(25)22-19-17-8-3-6-15(17)14-16-7-4-9-18(16)19/h11,13-14H,3-10,12H2,1-2H3,(H2,22,23,25)/b13-11+. The summed E-state index contributed by atoms with van der Waals surface area (Å²) in [5.74, 6) is 0. The summed E-state index contributed by atoms with van der Waals surface area (Å²) in [6, 6.07) is 1.61. The van der Waals surface area contributed by atoms with E-state index in [4.69, 9.17) is 0 Å². The molecular weight excluding hydrogens is 374 g/mol. The number of carbonyl (C=O) groups is 1. The number of anilines is 1. The molecule has 0 saturated carbocycles. The average molecular weight is 404 g/mol. The van der Waals surface area contributed by atoms with Crippen LogP contribution in [0.25, 0.3) is 0 Å². The monoisotopic (exact) mass is 403 g/mol. The van der Waals surface area contributed by atoms with E-state index in [1.165, 1.54) is 22.3 Å². The number of amides is 2. The van der Waals surface area contributed by atoms with Gasteiger partial charge in [-0.25, -0.2) is 17.9 Å². The number of likely N-dealkylation sites (N-methyl/N-ethyl adjacent to an activating group) is 1. The molecule has 152 valence electrons. The van der Waals surface area contributed by atoms with E-state index in [0.29, 0.717) is 0 Å². The number of nitrogens with one attached hydrogen (secondary N) is 2. The Bertz CT molecular complexity index is 906. The number of carbonyl (C=O) groups excluding carboxylic acids is 1. The predicted octanol–water partition coefficient (Wildman–Crippen LogP) is 3.11. The summed E-state index contributed by atoms with van der Waals surface area (Å²) in [6.45, 7) is 2.96. The van der Waals surface area contributed by atoms with Gasteiger partial charge in [0.05, 0.1) is 0 Å². The Morgan fingerprint density at radius 3 is 2.32 bits per heavy atom. The van der Waals surface area contributed by atoms with E-state index in [9.17, 15) is 13.2 Å². The highest BCUT2D eigenvalue weighted by Gasteiger charge is 2.32. The summed E-state index contributed by atoms with van der Waals surface area (Å²) in [5, 5.41) is 4.00. The van der Waals surface area contributed by atoms with Crippen LogP contribution in [-0.2, 0) is 35.7 Å². The lowest BCUT2D eigenvalue weighted by Crippen LogP contribution is -2.37. The summed E-state index contributed by atoms with van der Waals surface area (Å²) in [4.78, 5) is 14.7. The van der Waals surface area contributed by atoms with Gasteiger partial charge in [0, 0.05) is 16.6 Å². The van der Waals surface area contributed by atoms with E-state index in [0.717, 1.165) is 69.0 Å². The molecule has 1 fully saturated rings. The number of hydrogen-bond acceptors (Lipinski definition) is 4. The lowest BCUT2D eigenvalue weighted by Gasteiger charge is -2.28. The molecule has 1 atom stereocenters. The third-order valence-corrected chi connectivity index (χ3v) is 7.57. The minimum atomic E-state index is -3.85. The lowest BCUT2D eigenvalue weighted by atomic mass is 9.99. The smallest absolute Gasteiger partial charge is 0.307 e. The van der Waals surface area contributed by atoms with E-state index >= 15 is 0 Å². The summed E-state index contributed by atoms with van der Waals surface area (Å²) in [6.07, 6.45) is 9.75. The first-order chi connectivity index (χ1) is 13.3. The van der Waals surface area contributed by atoms with Gasteiger partial charge < -0.3 is 5.32 Å². The van der Waals surface area contributed by atoms with E-state index in [1.807, 2.05) is 14.0 Å². The van der Waals surface area contributed by atoms with Gasteiger partial charge in [0.25, 0.3) is 10.0 Å². The number of likely N-dealkylation sites (tertiary alicyclic amines) is 1. The molecule has 1 aliphatic heterocycles. The molecule has 7 heteroatoms. The van der Waals surface area contributed by atoms with Crippen molar-refractivity contribution in [3.63, 3.8) is 0 Å². The molecule has 6 nitrogen and oxygen atoms in total. The highest BCUT2D eigenvalue weighted by Crippen LogP contribution is 2.38. The first kappa shape index (κ1) is 19.5. The Labute approximate surface area is 167 Å². The molecule has 4 rings (SSSR count). The molecule has 0 bridgehead atoms. The number of hydrogen-bond donors (Lipinski definition) is 2. The van der Waals surface area contributed by atoms with Crippen LogP contribution < -0.4 is 10.0 Å². The second-order valence-electron chi connectivity index (χ2n) is 8.52. The molecule has 0 aromatic heterocycles. The zero-order valence-corrected chi connectivity index (χ0v) is 17.5. The maximum Gasteiger partial charge on any atom is 0.333 e. The van der Waals surface area contributed by atoms with Crippen molar-refractivity contribution in [1.29, 1.82) is 0 Å². The maximum atomic E-state index is 12.5. The van der Waals surface area contributed by atoms with Gasteiger partial charge in [-0.15, -0.1) is 0 Å². The quantitative estimate of drug-likeness (QED) is 0.810. The fraction of sp³-hybridized carbons (Fsp3) is 0.571. The Hall–Kier alpha value is -1.86. The van der Waals surface area contributed by atoms with Crippen molar-refractivity contribution < 1.29 is 13.2 Å². The number of nitrogens with zero attached hydrogens (tertiary/aromatic N) is 1. The van der Waals surface area contributed by atoms with Gasteiger partial charge in [-0.3, -0.25) is 4.90 Å². The highest BCUT2D eigenvalue weighted by atomic mass is 32.2. The van der Waals surface area contributed by atoms with E-state index < -0.39 is 16.1 Å². The average Bonchev–Trinajstić information content (AvgIpc) is 3.34. The van der Waals surface area contributed by atoms with Gasteiger partial charge >= 0.3 is 6.03 Å². The number of urea groups is 1. The Morgan fingerprint density at radius 1 is 1.11 bits per heavy atom. The minimum Gasteiger partial charge on any atom is -0.307 e. The van der Waals surface area contributed by atoms with Crippen LogP contribution in [0.3, 0.4) is 0 Å². The SMILES string of the molecule is CN1CCCC1(C)/C=C/S(=O)(=O)NC(=O)Nc1c2c(cc3c1CCC3)CCC2. The molecule has 1 saturated heterocycles. The molecule has 1 heterocycles. The minimum absolute atomic E-state index is 0.285. The molecule has 3 aliphatic rings. The van der Waals surface area contributed by atoms with Crippen LogP contribution >= 0.6 is 0 Å². The van der Waals surface area contributed by atoms with Crippen molar-refractivity contribution in [2.24, 2.45) is 0 Å². The number of aryl methyl sites for hydroxylation is 2. The van der Waals surface area contributed by atoms with Crippen molar-refractivity contribution in [2.45, 2.75) is 63.8 Å². The van der Waals surface area contributed by atoms with Crippen LogP contribution in [0.2, 0.25) is 0 Å². The van der Waals surface area contributed by atoms with Crippen LogP contribution in [0, 0.1) is 0 Å². The van der Waals surface area contributed by atoms with Crippen LogP contribution in [0.4, 0.5) is 10.5 Å². The normalized spacial score (nSPS) is 24.5. The molecule has 0 spiro atoms. The van der Waals surface area contributed by atoms with Gasteiger partial charge in [0.2, 0.25) is 0 Å². The van der Waals surface area contributed by atoms with Crippen LogP contribution in [0.15, 0.2) is 17.6 Å². The van der Waals surface area contributed by atoms with E-state index in [1.54, 1.807) is 6.08 Å². The molecule has 2 amide bonds. The van der Waals surface area contributed by atoms with Gasteiger partial charge in [0.1, 0.15) is 0 Å². The first-order valence-electron chi connectivity index (χ1n) is 10.2. The van der Waals surface area contributed by atoms with Gasteiger partial charge in [0.15, 0.2) is 0 Å². The largest absolute Gasteiger partial charge is 0.333 e. The topological polar surface area (TPSA) is 78.5 Å². The molecule has 1 aromatic carbocycles. The molecule has 0 radical (unpaired) electrons. The van der Waals surface area contributed by atoms with Crippen molar-refractivity contribution in [3.05, 3.63) is 39.8 Å². The van der Waals surface area contributed by atoms with Crippen LogP contribution in [0.1, 0.15) is 54.9 Å². The van der Waals surface area contributed by atoms with Crippen molar-refractivity contribution in [1.82, 2.24) is 9.62 Å². The van der Waals surface area contributed by atoms with Crippen LogP contribution in [0.5, 0.6) is 0 Å². The Kier molecular flexibility index (Phi) is 5.00. The molecule has 2 aliphatic carbocycles. The fourth-order valence-corrected chi connectivity index (χ4v) is 5.69. The van der Waals surface area contributed by atoms with Crippen molar-refractivity contribution in [2.75, 3.05) is 18.9 Å². The predicted molar refractivity (Wildman–Crippen MR) is 111 cm³/mol. The number of benzene rings is 1. The third-order valence-electron chi connectivity index (χ3n) is 6.60. The Morgan fingerprint density at radius 2 is 1.75 bits per heavy atom. The van der Waals surface area contributed by atoms with Crippen LogP contribution in [-0.4, -0.2) is 38.5 Å². The maximum absolute atomic E-state index is 12.5. The highest BCUT2D eigenvalue weighted by molar-refractivity contribution is 7.92. The lowest BCUT2D eigenvalue weighted by molar-refractivity contribution is 0.251. The third kappa shape index (κ3) is 3.70. The molecule has 2 N–H and O–H groups in total. The summed E-state index contributed by atoms with van der Waals surface area (Å²) in [7, 11) is -1.86. The van der Waals surface area contributed by atoms with Crippen molar-refractivity contribution in [3.8, 4) is 0 Å². The van der Waals surface area contributed by atoms with E-state index in [-0.39, 0.29) is 5.54 Å². The number of sulfonamides is 1. The number of rotatable bonds is 4. The second-order valence-corrected chi connectivity index (χ2v) is 10.1. The zero-order chi connectivity index (χ0) is 19.9. The first-order valence-corrected chi connectivity index (χ1v) is 11.7. The molecule has 1 aromatic rings. The van der Waals surface area contributed by atoms with E-state index in [2.05, 4.69) is 21.0 Å². The fourth-order valence-electron chi connectivity index (χ4n) is 4.84. The second kappa shape index (κ2) is 7.19. The van der Waals surface area contributed by atoms with Gasteiger partial charge in [-0.1, -0.05) is 12.1 Å². The number of fused-ring (bicyclic) bond motifs is 2. The zero-order valence-electron chi connectivity index (χ0n) is 16.7. The summed E-state index contributed by atoms with van der Waals surface area (Å²) < 4.78 is 27.0. The Balaban J connectivity index is 1.50. The molecule has 28 heavy (non-hydrogen) atoms. The molecular formula is C21H29N3O3S. The summed E-state index contributed by atoms with van der Waals surface area (Å²) >= 11 is 0.